The van der Waals surface area contributed by atoms with Gasteiger partial charge in [0.25, 0.3) is 0 Å². The molecular weight excluding hydrogens is 305 g/mol. The Balaban J connectivity index is 2.21. The van der Waals surface area contributed by atoms with Crippen molar-refractivity contribution in [1.82, 2.24) is 0 Å². The van der Waals surface area contributed by atoms with Gasteiger partial charge in [-0.15, -0.1) is 0 Å². The molecule has 1 aromatic rings. The summed E-state index contributed by atoms with van der Waals surface area (Å²) in [7, 11) is 0. The van der Waals surface area contributed by atoms with E-state index in [0.717, 1.165) is 30.2 Å². The van der Waals surface area contributed by atoms with Crippen molar-refractivity contribution >= 4 is 15.9 Å². The second-order valence-electron chi connectivity index (χ2n) is 5.57. The molecule has 19 heavy (non-hydrogen) atoms. The van der Waals surface area contributed by atoms with Crippen LogP contribution >= 0.6 is 15.9 Å². The molecule has 0 heterocycles. The van der Waals surface area contributed by atoms with Crippen molar-refractivity contribution in [3.63, 3.8) is 0 Å². The van der Waals surface area contributed by atoms with Crippen molar-refractivity contribution in [1.29, 1.82) is 5.26 Å². The number of nitriles is 1. The lowest BCUT2D eigenvalue weighted by molar-refractivity contribution is 0.284. The van der Waals surface area contributed by atoms with Crippen LogP contribution in [0.2, 0.25) is 0 Å². The van der Waals surface area contributed by atoms with E-state index in [9.17, 15) is 9.65 Å². The third-order valence-corrected chi connectivity index (χ3v) is 4.58. The van der Waals surface area contributed by atoms with Gasteiger partial charge in [0.1, 0.15) is 5.82 Å². The maximum absolute atomic E-state index is 13.9. The molecule has 0 saturated heterocycles. The van der Waals surface area contributed by atoms with Gasteiger partial charge in [-0.05, 0) is 43.0 Å². The fourth-order valence-corrected chi connectivity index (χ4v) is 3.36. The van der Waals surface area contributed by atoms with E-state index in [4.69, 9.17) is 0 Å². The molecule has 0 spiro atoms. The van der Waals surface area contributed by atoms with Gasteiger partial charge in [-0.2, -0.15) is 5.26 Å². The second kappa shape index (κ2) is 6.52. The molecule has 0 unspecified atom stereocenters. The van der Waals surface area contributed by atoms with E-state index in [1.807, 2.05) is 6.07 Å². The zero-order chi connectivity index (χ0) is 13.7. The molecular formula is C16H19BrFN. The summed E-state index contributed by atoms with van der Waals surface area (Å²) in [5, 5.41) is 9.60. The van der Waals surface area contributed by atoms with Gasteiger partial charge >= 0.3 is 0 Å². The molecule has 0 aliphatic heterocycles. The quantitative estimate of drug-likeness (QED) is 0.716. The number of benzene rings is 1. The Kier molecular flexibility index (Phi) is 4.99. The van der Waals surface area contributed by atoms with Crippen LogP contribution in [-0.2, 0) is 6.42 Å². The first-order chi connectivity index (χ1) is 9.15. The Bertz CT molecular complexity index is 470. The molecule has 1 aliphatic carbocycles. The Morgan fingerprint density at radius 1 is 1.16 bits per heavy atom. The van der Waals surface area contributed by atoms with Gasteiger partial charge in [-0.3, -0.25) is 0 Å². The minimum absolute atomic E-state index is 0.195. The molecule has 0 N–H and O–H groups in total. The van der Waals surface area contributed by atoms with Crippen LogP contribution in [0, 0.1) is 22.6 Å². The minimum atomic E-state index is -0.373. The molecule has 2 rings (SSSR count). The monoisotopic (exact) mass is 323 g/mol. The van der Waals surface area contributed by atoms with Crippen LogP contribution < -0.4 is 0 Å². The van der Waals surface area contributed by atoms with Gasteiger partial charge < -0.3 is 0 Å². The smallest absolute Gasteiger partial charge is 0.126 e. The Hall–Kier alpha value is -0.880. The standard InChI is InChI=1S/C16H19BrFN/c17-14-6-7-15(18)13(10-14)11-16(12-19)8-4-2-1-3-5-9-16/h6-7,10H,1-5,8-9,11H2. The summed E-state index contributed by atoms with van der Waals surface area (Å²) in [6.45, 7) is 0. The molecule has 0 aromatic heterocycles. The molecule has 3 heteroatoms. The lowest BCUT2D eigenvalue weighted by atomic mass is 9.73. The van der Waals surface area contributed by atoms with E-state index in [-0.39, 0.29) is 11.2 Å². The van der Waals surface area contributed by atoms with Crippen LogP contribution in [0.25, 0.3) is 0 Å². The van der Waals surface area contributed by atoms with Gasteiger partial charge in [-0.25, -0.2) is 4.39 Å². The lowest BCUT2D eigenvalue weighted by Crippen LogP contribution is -2.23. The summed E-state index contributed by atoms with van der Waals surface area (Å²) in [6, 6.07) is 7.50. The molecule has 1 nitrogen and oxygen atoms in total. The lowest BCUT2D eigenvalue weighted by Gasteiger charge is -2.29. The van der Waals surface area contributed by atoms with Crippen LogP contribution in [-0.4, -0.2) is 0 Å². The SMILES string of the molecule is N#CC1(Cc2cc(Br)ccc2F)CCCCCCC1. The first-order valence-electron chi connectivity index (χ1n) is 7.00. The zero-order valence-corrected chi connectivity index (χ0v) is 12.7. The number of hydrogen-bond acceptors (Lipinski definition) is 1. The molecule has 0 bridgehead atoms. The summed E-state index contributed by atoms with van der Waals surface area (Å²) in [6.07, 6.45) is 8.17. The normalized spacial score (nSPS) is 19.2. The summed E-state index contributed by atoms with van der Waals surface area (Å²) in [5.74, 6) is -0.195. The largest absolute Gasteiger partial charge is 0.207 e. The van der Waals surface area contributed by atoms with Crippen molar-refractivity contribution < 1.29 is 4.39 Å². The van der Waals surface area contributed by atoms with E-state index in [0.29, 0.717) is 12.0 Å². The third-order valence-electron chi connectivity index (χ3n) is 4.08. The topological polar surface area (TPSA) is 23.8 Å². The molecule has 0 atom stereocenters. The Morgan fingerprint density at radius 2 is 1.79 bits per heavy atom. The minimum Gasteiger partial charge on any atom is -0.207 e. The molecule has 1 saturated carbocycles. The summed E-state index contributed by atoms with van der Waals surface area (Å²) >= 11 is 3.38. The highest BCUT2D eigenvalue weighted by atomic mass is 79.9. The van der Waals surface area contributed by atoms with Gasteiger partial charge in [0.2, 0.25) is 0 Å². The van der Waals surface area contributed by atoms with E-state index in [2.05, 4.69) is 22.0 Å². The molecule has 0 amide bonds. The van der Waals surface area contributed by atoms with Gasteiger partial charge in [-0.1, -0.05) is 48.0 Å². The average Bonchev–Trinajstić information content (AvgIpc) is 2.37. The second-order valence-corrected chi connectivity index (χ2v) is 6.49. The first kappa shape index (κ1) is 14.5. The Morgan fingerprint density at radius 3 is 2.42 bits per heavy atom. The van der Waals surface area contributed by atoms with Crippen LogP contribution in [0.3, 0.4) is 0 Å². The highest BCUT2D eigenvalue weighted by molar-refractivity contribution is 9.10. The molecule has 1 fully saturated rings. The van der Waals surface area contributed by atoms with Crippen molar-refractivity contribution in [3.8, 4) is 6.07 Å². The number of nitrogens with zero attached hydrogens (tertiary/aromatic N) is 1. The average molecular weight is 324 g/mol. The summed E-state index contributed by atoms with van der Waals surface area (Å²) in [4.78, 5) is 0. The summed E-state index contributed by atoms with van der Waals surface area (Å²) < 4.78 is 14.8. The molecule has 102 valence electrons. The maximum Gasteiger partial charge on any atom is 0.126 e. The van der Waals surface area contributed by atoms with Crippen LogP contribution in [0.15, 0.2) is 22.7 Å². The first-order valence-corrected chi connectivity index (χ1v) is 7.80. The van der Waals surface area contributed by atoms with Crippen LogP contribution in [0.5, 0.6) is 0 Å². The number of halogens is 2. The number of rotatable bonds is 2. The fourth-order valence-electron chi connectivity index (χ4n) is 2.95. The van der Waals surface area contributed by atoms with Crippen molar-refractivity contribution in [3.05, 3.63) is 34.1 Å². The van der Waals surface area contributed by atoms with E-state index >= 15 is 0 Å². The van der Waals surface area contributed by atoms with Crippen molar-refractivity contribution in [2.24, 2.45) is 5.41 Å². The van der Waals surface area contributed by atoms with Crippen LogP contribution in [0.4, 0.5) is 4.39 Å². The van der Waals surface area contributed by atoms with Gasteiger partial charge in [0.15, 0.2) is 0 Å². The van der Waals surface area contributed by atoms with Crippen molar-refractivity contribution in [2.75, 3.05) is 0 Å². The number of hydrogen-bond donors (Lipinski definition) is 0. The van der Waals surface area contributed by atoms with Gasteiger partial charge in [0.05, 0.1) is 11.5 Å². The van der Waals surface area contributed by atoms with E-state index in [1.54, 1.807) is 6.07 Å². The summed E-state index contributed by atoms with van der Waals surface area (Å²) in [5.41, 5.74) is 0.290. The van der Waals surface area contributed by atoms with E-state index in [1.165, 1.54) is 25.3 Å². The Labute approximate surface area is 123 Å². The fraction of sp³-hybridized carbons (Fsp3) is 0.562. The third kappa shape index (κ3) is 3.79. The zero-order valence-electron chi connectivity index (χ0n) is 11.1. The van der Waals surface area contributed by atoms with E-state index < -0.39 is 0 Å². The molecule has 1 aliphatic rings. The highest BCUT2D eigenvalue weighted by Crippen LogP contribution is 2.37. The molecule has 0 radical (unpaired) electrons. The van der Waals surface area contributed by atoms with Crippen molar-refractivity contribution in [2.45, 2.75) is 51.4 Å². The van der Waals surface area contributed by atoms with Crippen LogP contribution in [0.1, 0.15) is 50.5 Å². The highest BCUT2D eigenvalue weighted by Gasteiger charge is 2.31. The van der Waals surface area contributed by atoms with Gasteiger partial charge in [0, 0.05) is 4.47 Å². The maximum atomic E-state index is 13.9. The molecule has 1 aromatic carbocycles. The predicted molar refractivity (Wildman–Crippen MR) is 78.2 cm³/mol. The predicted octanol–water partition coefficient (Wildman–Crippen LogP) is 5.38.